The van der Waals surface area contributed by atoms with E-state index in [0.29, 0.717) is 12.0 Å². The van der Waals surface area contributed by atoms with E-state index < -0.39 is 0 Å². The van der Waals surface area contributed by atoms with Crippen LogP contribution in [0, 0.1) is 5.41 Å². The quantitative estimate of drug-likeness (QED) is 0.564. The van der Waals surface area contributed by atoms with E-state index in [-0.39, 0.29) is 5.97 Å². The molecule has 0 bridgehead atoms. The topological polar surface area (TPSA) is 50.2 Å². The number of benzene rings is 1. The van der Waals surface area contributed by atoms with Crippen LogP contribution in [0.15, 0.2) is 24.3 Å². The summed E-state index contributed by atoms with van der Waals surface area (Å²) >= 11 is 0. The molecule has 0 heterocycles. The number of hydrogen-bond acceptors (Lipinski definition) is 3. The molecule has 0 saturated carbocycles. The van der Waals surface area contributed by atoms with E-state index >= 15 is 0 Å². The Labute approximate surface area is 76.9 Å². The van der Waals surface area contributed by atoms with E-state index in [1.165, 1.54) is 13.3 Å². The van der Waals surface area contributed by atoms with Crippen molar-refractivity contribution in [2.24, 2.45) is 0 Å². The first-order valence-corrected chi connectivity index (χ1v) is 3.94. The molecule has 0 fully saturated rings. The molecule has 0 unspecified atom stereocenters. The largest absolute Gasteiger partial charge is 0.465 e. The number of carbonyl (C=O) groups excluding carboxylic acids is 1. The van der Waals surface area contributed by atoms with E-state index in [0.717, 1.165) is 5.56 Å². The molecule has 0 amide bonds. The van der Waals surface area contributed by atoms with Gasteiger partial charge in [0.2, 0.25) is 0 Å². The zero-order valence-electron chi connectivity index (χ0n) is 7.41. The Balaban J connectivity index is 2.90. The predicted octanol–water partition coefficient (Wildman–Crippen LogP) is 1.67. The summed E-state index contributed by atoms with van der Waals surface area (Å²) in [5.41, 5.74) is 1.47. The molecule has 1 rings (SSSR count). The van der Waals surface area contributed by atoms with Gasteiger partial charge < -0.3 is 10.1 Å². The molecular weight excluding hydrogens is 166 g/mol. The fourth-order valence-electron chi connectivity index (χ4n) is 1.06. The highest BCUT2D eigenvalue weighted by atomic mass is 16.5. The van der Waals surface area contributed by atoms with Crippen molar-refractivity contribution in [3.63, 3.8) is 0 Å². The Hall–Kier alpha value is -1.64. The van der Waals surface area contributed by atoms with Gasteiger partial charge in [-0.25, -0.2) is 4.79 Å². The van der Waals surface area contributed by atoms with Crippen LogP contribution in [-0.2, 0) is 11.2 Å². The van der Waals surface area contributed by atoms with Crippen molar-refractivity contribution in [2.45, 2.75) is 6.42 Å². The third-order valence-corrected chi connectivity index (χ3v) is 1.69. The van der Waals surface area contributed by atoms with Crippen molar-refractivity contribution in [1.29, 1.82) is 5.41 Å². The van der Waals surface area contributed by atoms with Gasteiger partial charge in [-0.2, -0.15) is 0 Å². The molecule has 3 nitrogen and oxygen atoms in total. The minimum absolute atomic E-state index is 0.341. The fraction of sp³-hybridized carbons (Fsp3) is 0.200. The lowest BCUT2D eigenvalue weighted by atomic mass is 10.1. The molecule has 0 spiro atoms. The summed E-state index contributed by atoms with van der Waals surface area (Å²) in [4.78, 5) is 11.1. The minimum Gasteiger partial charge on any atom is -0.465 e. The van der Waals surface area contributed by atoms with Crippen LogP contribution in [0.4, 0.5) is 0 Å². The molecular formula is C10H11NO2. The Kier molecular flexibility index (Phi) is 3.20. The zero-order chi connectivity index (χ0) is 9.68. The van der Waals surface area contributed by atoms with Gasteiger partial charge in [-0.15, -0.1) is 0 Å². The number of hydrogen-bond donors (Lipinski definition) is 1. The molecule has 0 aliphatic carbocycles. The van der Waals surface area contributed by atoms with E-state index in [1.54, 1.807) is 18.2 Å². The molecule has 1 aromatic rings. The van der Waals surface area contributed by atoms with Crippen LogP contribution in [0.2, 0.25) is 0 Å². The van der Waals surface area contributed by atoms with Gasteiger partial charge in [-0.1, -0.05) is 12.1 Å². The number of nitrogens with one attached hydrogen (secondary N) is 1. The summed E-state index contributed by atoms with van der Waals surface area (Å²) in [6.45, 7) is 0. The van der Waals surface area contributed by atoms with Gasteiger partial charge in [-0.05, 0) is 23.9 Å². The molecule has 0 aliphatic rings. The summed E-state index contributed by atoms with van der Waals surface area (Å²) < 4.78 is 4.57. The molecule has 1 N–H and O–H groups in total. The lowest BCUT2D eigenvalue weighted by molar-refractivity contribution is 0.0600. The fourth-order valence-corrected chi connectivity index (χ4v) is 1.06. The highest BCUT2D eigenvalue weighted by molar-refractivity contribution is 5.89. The van der Waals surface area contributed by atoms with Crippen LogP contribution in [0.25, 0.3) is 0 Å². The summed E-state index contributed by atoms with van der Waals surface area (Å²) in [7, 11) is 1.35. The maximum absolute atomic E-state index is 11.1. The monoisotopic (exact) mass is 177 g/mol. The standard InChI is InChI=1S/C10H11NO2/c1-13-10(12)9-4-2-3-8(7-9)5-6-11/h2-4,6-7,11H,5H2,1H3. The van der Waals surface area contributed by atoms with Crippen LogP contribution in [0.1, 0.15) is 15.9 Å². The number of rotatable bonds is 3. The van der Waals surface area contributed by atoms with Gasteiger partial charge in [-0.3, -0.25) is 0 Å². The highest BCUT2D eigenvalue weighted by Gasteiger charge is 2.04. The second-order valence-electron chi connectivity index (χ2n) is 2.60. The molecule has 0 radical (unpaired) electrons. The molecule has 0 aromatic heterocycles. The van der Waals surface area contributed by atoms with Gasteiger partial charge in [0.1, 0.15) is 0 Å². The van der Waals surface area contributed by atoms with E-state index in [2.05, 4.69) is 4.74 Å². The van der Waals surface area contributed by atoms with Crippen LogP contribution in [-0.4, -0.2) is 19.3 Å². The van der Waals surface area contributed by atoms with Crippen molar-refractivity contribution >= 4 is 12.2 Å². The number of carbonyl (C=O) groups is 1. The Bertz CT molecular complexity index is 320. The first kappa shape index (κ1) is 9.45. The molecule has 0 atom stereocenters. The SMILES string of the molecule is COC(=O)c1cccc(CC=N)c1. The van der Waals surface area contributed by atoms with Crippen LogP contribution in [0.3, 0.4) is 0 Å². The van der Waals surface area contributed by atoms with Crippen molar-refractivity contribution < 1.29 is 9.53 Å². The lowest BCUT2D eigenvalue weighted by Crippen LogP contribution is -2.01. The second-order valence-corrected chi connectivity index (χ2v) is 2.60. The Morgan fingerprint density at radius 2 is 2.38 bits per heavy atom. The third kappa shape index (κ3) is 2.40. The van der Waals surface area contributed by atoms with Gasteiger partial charge in [0.05, 0.1) is 12.7 Å². The zero-order valence-corrected chi connectivity index (χ0v) is 7.41. The molecule has 68 valence electrons. The summed E-state index contributed by atoms with van der Waals surface area (Å²) in [5.74, 6) is -0.341. The minimum atomic E-state index is -0.341. The summed E-state index contributed by atoms with van der Waals surface area (Å²) in [5, 5.41) is 6.92. The van der Waals surface area contributed by atoms with Gasteiger partial charge in [0.15, 0.2) is 0 Å². The smallest absolute Gasteiger partial charge is 0.337 e. The normalized spacial score (nSPS) is 9.31. The molecule has 13 heavy (non-hydrogen) atoms. The predicted molar refractivity (Wildman–Crippen MR) is 50.3 cm³/mol. The second kappa shape index (κ2) is 4.40. The van der Waals surface area contributed by atoms with Crippen LogP contribution in [0.5, 0.6) is 0 Å². The average molecular weight is 177 g/mol. The van der Waals surface area contributed by atoms with Crippen molar-refractivity contribution in [1.82, 2.24) is 0 Å². The van der Waals surface area contributed by atoms with Gasteiger partial charge in [0, 0.05) is 6.42 Å². The lowest BCUT2D eigenvalue weighted by Gasteiger charge is -2.00. The average Bonchev–Trinajstić information content (AvgIpc) is 2.18. The van der Waals surface area contributed by atoms with Crippen LogP contribution >= 0.6 is 0 Å². The molecule has 3 heteroatoms. The number of ether oxygens (including phenoxy) is 1. The molecule has 0 aliphatic heterocycles. The molecule has 1 aromatic carbocycles. The Morgan fingerprint density at radius 1 is 1.62 bits per heavy atom. The van der Waals surface area contributed by atoms with Crippen molar-refractivity contribution in [3.8, 4) is 0 Å². The summed E-state index contributed by atoms with van der Waals surface area (Å²) in [6, 6.07) is 7.08. The maximum atomic E-state index is 11.1. The summed E-state index contributed by atoms with van der Waals surface area (Å²) in [6.07, 6.45) is 1.85. The third-order valence-electron chi connectivity index (χ3n) is 1.69. The first-order valence-electron chi connectivity index (χ1n) is 3.94. The highest BCUT2D eigenvalue weighted by Crippen LogP contribution is 2.06. The van der Waals surface area contributed by atoms with E-state index in [1.807, 2.05) is 6.07 Å². The van der Waals surface area contributed by atoms with Gasteiger partial charge in [0.25, 0.3) is 0 Å². The first-order chi connectivity index (χ1) is 6.27. The maximum Gasteiger partial charge on any atom is 0.337 e. The van der Waals surface area contributed by atoms with E-state index in [9.17, 15) is 4.79 Å². The Morgan fingerprint density at radius 3 is 3.00 bits per heavy atom. The molecule has 0 saturated heterocycles. The van der Waals surface area contributed by atoms with E-state index in [4.69, 9.17) is 5.41 Å². The van der Waals surface area contributed by atoms with Crippen molar-refractivity contribution in [2.75, 3.05) is 7.11 Å². The van der Waals surface area contributed by atoms with Crippen LogP contribution < -0.4 is 0 Å². The number of esters is 1. The van der Waals surface area contributed by atoms with Gasteiger partial charge >= 0.3 is 5.97 Å². The number of methoxy groups -OCH3 is 1. The van der Waals surface area contributed by atoms with Crippen molar-refractivity contribution in [3.05, 3.63) is 35.4 Å².